The molecule has 2 nitrogen and oxygen atoms in total. The number of benzene rings is 2. The van der Waals surface area contributed by atoms with E-state index in [9.17, 15) is 0 Å². The number of rotatable bonds is 3. The van der Waals surface area contributed by atoms with Gasteiger partial charge in [0.05, 0.1) is 29.2 Å². The van der Waals surface area contributed by atoms with Crippen LogP contribution in [-0.2, 0) is 0 Å². The van der Waals surface area contributed by atoms with Gasteiger partial charge in [-0.25, -0.2) is 4.98 Å². The first kappa shape index (κ1) is 14.9. The lowest BCUT2D eigenvalue weighted by Crippen LogP contribution is -3.13. The van der Waals surface area contributed by atoms with Gasteiger partial charge in [-0.1, -0.05) is 42.5 Å². The molecule has 0 bridgehead atoms. The summed E-state index contributed by atoms with van der Waals surface area (Å²) in [5, 5.41) is 1.34. The lowest BCUT2D eigenvalue weighted by molar-refractivity contribution is -0.935. The van der Waals surface area contributed by atoms with Gasteiger partial charge >= 0.3 is 0 Å². The van der Waals surface area contributed by atoms with E-state index < -0.39 is 0 Å². The van der Waals surface area contributed by atoms with Crippen molar-refractivity contribution in [2.24, 2.45) is 0 Å². The lowest BCUT2D eigenvalue weighted by atomic mass is 9.95. The van der Waals surface area contributed by atoms with Crippen LogP contribution in [-0.4, -0.2) is 18.1 Å². The molecule has 1 unspecified atom stereocenters. The number of hydrogen-bond donors (Lipinski definition) is 1. The van der Waals surface area contributed by atoms with E-state index in [-0.39, 0.29) is 0 Å². The highest BCUT2D eigenvalue weighted by Gasteiger charge is 2.30. The highest BCUT2D eigenvalue weighted by Crippen LogP contribution is 2.30. The number of hydrogen-bond acceptors (Lipinski definition) is 2. The van der Waals surface area contributed by atoms with E-state index in [2.05, 4.69) is 61.5 Å². The van der Waals surface area contributed by atoms with Crippen molar-refractivity contribution in [2.45, 2.75) is 31.7 Å². The fourth-order valence-corrected chi connectivity index (χ4v) is 4.84. The van der Waals surface area contributed by atoms with Gasteiger partial charge in [-0.2, -0.15) is 0 Å². The zero-order valence-corrected chi connectivity index (χ0v) is 14.4. The topological polar surface area (TPSA) is 17.3 Å². The van der Waals surface area contributed by atoms with E-state index in [0.717, 1.165) is 5.52 Å². The zero-order valence-electron chi connectivity index (χ0n) is 13.5. The monoisotopic (exact) mass is 323 g/mol. The Morgan fingerprint density at radius 3 is 2.70 bits per heavy atom. The highest BCUT2D eigenvalue weighted by atomic mass is 32.1. The van der Waals surface area contributed by atoms with Crippen molar-refractivity contribution >= 4 is 21.6 Å². The quantitative estimate of drug-likeness (QED) is 0.775. The van der Waals surface area contributed by atoms with E-state index >= 15 is 0 Å². The van der Waals surface area contributed by atoms with Crippen LogP contribution in [0, 0.1) is 0 Å². The van der Waals surface area contributed by atoms with Crippen LogP contribution in [0.5, 0.6) is 0 Å². The molecule has 0 aliphatic carbocycles. The van der Waals surface area contributed by atoms with Gasteiger partial charge in [-0.05, 0) is 31.9 Å². The number of likely N-dealkylation sites (tertiary alicyclic amines) is 1. The molecule has 0 saturated carbocycles. The standard InChI is InChI=1S/C20H22N2S/c1-15(16-8-3-2-4-9-16)22-13-7-10-17(14-22)20-21-18-11-5-6-12-19(18)23-20/h2-6,8-9,11-12,15,17H,7,10,13-14H2,1H3/p+1/t15-,17+/m1/s1. The summed E-state index contributed by atoms with van der Waals surface area (Å²) in [6, 6.07) is 20.0. The molecular formula is C20H23N2S+. The van der Waals surface area contributed by atoms with E-state index in [1.165, 1.54) is 41.2 Å². The van der Waals surface area contributed by atoms with E-state index in [4.69, 9.17) is 4.98 Å². The molecular weight excluding hydrogens is 300 g/mol. The zero-order chi connectivity index (χ0) is 15.6. The predicted octanol–water partition coefficient (Wildman–Crippen LogP) is 3.82. The molecule has 4 rings (SSSR count). The van der Waals surface area contributed by atoms with Gasteiger partial charge < -0.3 is 4.90 Å². The molecule has 0 amide bonds. The SMILES string of the molecule is C[C@H](c1ccccc1)[NH+]1CCC[C@H](c2nc3ccccc3s2)C1. The molecule has 1 aromatic heterocycles. The van der Waals surface area contributed by atoms with Crippen LogP contribution in [0.1, 0.15) is 42.3 Å². The average Bonchev–Trinajstić information content (AvgIpc) is 3.06. The minimum Gasteiger partial charge on any atom is -0.328 e. The maximum Gasteiger partial charge on any atom is 0.110 e. The van der Waals surface area contributed by atoms with Crippen LogP contribution in [0.3, 0.4) is 0 Å². The number of thiazole rings is 1. The van der Waals surface area contributed by atoms with Gasteiger partial charge in [0.15, 0.2) is 0 Å². The lowest BCUT2D eigenvalue weighted by Gasteiger charge is -2.33. The second kappa shape index (κ2) is 6.42. The predicted molar refractivity (Wildman–Crippen MR) is 97.1 cm³/mol. The number of nitrogens with one attached hydrogen (secondary N) is 1. The van der Waals surface area contributed by atoms with Gasteiger partial charge in [-0.15, -0.1) is 11.3 Å². The molecule has 3 atom stereocenters. The molecule has 0 spiro atoms. The summed E-state index contributed by atoms with van der Waals surface area (Å²) in [5.41, 5.74) is 2.61. The fourth-order valence-electron chi connectivity index (χ4n) is 3.74. The Bertz CT molecular complexity index is 747. The largest absolute Gasteiger partial charge is 0.328 e. The van der Waals surface area contributed by atoms with Gasteiger partial charge in [0.1, 0.15) is 11.0 Å². The maximum absolute atomic E-state index is 4.91. The van der Waals surface area contributed by atoms with E-state index in [1.54, 1.807) is 4.90 Å². The summed E-state index contributed by atoms with van der Waals surface area (Å²) in [6.07, 6.45) is 2.58. The van der Waals surface area contributed by atoms with Crippen molar-refractivity contribution in [3.63, 3.8) is 0 Å². The van der Waals surface area contributed by atoms with Crippen LogP contribution in [0.2, 0.25) is 0 Å². The van der Waals surface area contributed by atoms with Crippen molar-refractivity contribution in [1.29, 1.82) is 0 Å². The Morgan fingerprint density at radius 2 is 1.87 bits per heavy atom. The third-order valence-electron chi connectivity index (χ3n) is 5.13. The molecule has 1 saturated heterocycles. The van der Waals surface area contributed by atoms with Crippen molar-refractivity contribution in [2.75, 3.05) is 13.1 Å². The first-order valence-corrected chi connectivity index (χ1v) is 9.38. The molecule has 2 aromatic carbocycles. The number of fused-ring (bicyclic) bond motifs is 1. The van der Waals surface area contributed by atoms with Crippen LogP contribution in [0.15, 0.2) is 54.6 Å². The van der Waals surface area contributed by atoms with Crippen LogP contribution >= 0.6 is 11.3 Å². The smallest absolute Gasteiger partial charge is 0.110 e. The molecule has 1 aliphatic heterocycles. The van der Waals surface area contributed by atoms with Gasteiger partial charge in [-0.3, -0.25) is 0 Å². The van der Waals surface area contributed by atoms with Crippen molar-refractivity contribution in [3.05, 3.63) is 65.2 Å². The third-order valence-corrected chi connectivity index (χ3v) is 6.33. The highest BCUT2D eigenvalue weighted by molar-refractivity contribution is 7.18. The second-order valence-electron chi connectivity index (χ2n) is 6.60. The third kappa shape index (κ3) is 3.04. The molecule has 118 valence electrons. The number of piperidine rings is 1. The number of nitrogens with zero attached hydrogens (tertiary/aromatic N) is 1. The Hall–Kier alpha value is -1.71. The van der Waals surface area contributed by atoms with Crippen molar-refractivity contribution < 1.29 is 4.90 Å². The normalized spacial score (nSPS) is 23.0. The van der Waals surface area contributed by atoms with Crippen molar-refractivity contribution in [3.8, 4) is 0 Å². The Morgan fingerprint density at radius 1 is 1.09 bits per heavy atom. The second-order valence-corrected chi connectivity index (χ2v) is 7.67. The van der Waals surface area contributed by atoms with E-state index in [1.807, 2.05) is 11.3 Å². The first-order chi connectivity index (χ1) is 11.3. The average molecular weight is 323 g/mol. The summed E-state index contributed by atoms with van der Waals surface area (Å²) >= 11 is 1.89. The number of aromatic nitrogens is 1. The fraction of sp³-hybridized carbons (Fsp3) is 0.350. The molecule has 1 fully saturated rings. The Kier molecular flexibility index (Phi) is 4.15. The van der Waals surface area contributed by atoms with Crippen LogP contribution < -0.4 is 4.90 Å². The first-order valence-electron chi connectivity index (χ1n) is 8.56. The minimum absolute atomic E-state index is 0.563. The molecule has 3 heteroatoms. The molecule has 1 N–H and O–H groups in total. The Balaban J connectivity index is 1.54. The summed E-state index contributed by atoms with van der Waals surface area (Å²) in [7, 11) is 0. The molecule has 1 aliphatic rings. The summed E-state index contributed by atoms with van der Waals surface area (Å²) in [4.78, 5) is 6.61. The summed E-state index contributed by atoms with van der Waals surface area (Å²) < 4.78 is 1.32. The van der Waals surface area contributed by atoms with Gasteiger partial charge in [0.2, 0.25) is 0 Å². The molecule has 0 radical (unpaired) electrons. The number of quaternary nitrogens is 1. The number of para-hydroxylation sites is 1. The van der Waals surface area contributed by atoms with Crippen LogP contribution in [0.4, 0.5) is 0 Å². The molecule has 3 aromatic rings. The van der Waals surface area contributed by atoms with Gasteiger partial charge in [0.25, 0.3) is 0 Å². The summed E-state index contributed by atoms with van der Waals surface area (Å²) in [6.45, 7) is 4.85. The molecule has 23 heavy (non-hydrogen) atoms. The van der Waals surface area contributed by atoms with Crippen LogP contribution in [0.25, 0.3) is 10.2 Å². The van der Waals surface area contributed by atoms with E-state index in [0.29, 0.717) is 12.0 Å². The molecule has 2 heterocycles. The van der Waals surface area contributed by atoms with Gasteiger partial charge in [0, 0.05) is 5.56 Å². The summed E-state index contributed by atoms with van der Waals surface area (Å²) in [5.74, 6) is 0.613. The van der Waals surface area contributed by atoms with Crippen molar-refractivity contribution in [1.82, 2.24) is 4.98 Å². The maximum atomic E-state index is 4.91. The Labute approximate surface area is 141 Å². The minimum atomic E-state index is 0.563.